The third-order valence-electron chi connectivity index (χ3n) is 1.80. The molecule has 0 radical (unpaired) electrons. The minimum Gasteiger partial charge on any atom is -0.496 e. The van der Waals surface area contributed by atoms with Crippen molar-refractivity contribution in [3.63, 3.8) is 0 Å². The van der Waals surface area contributed by atoms with Gasteiger partial charge in [-0.25, -0.2) is 0 Å². The number of halogens is 2. The minimum absolute atomic E-state index is 0.228. The maximum atomic E-state index is 11.6. The second-order valence-electron chi connectivity index (χ2n) is 2.80. The Hall–Kier alpha value is -0.730. The Bertz CT molecular complexity index is 348. The number of hydrogen-bond donors (Lipinski definition) is 0. The molecule has 0 aliphatic rings. The van der Waals surface area contributed by atoms with Gasteiger partial charge in [0.05, 0.1) is 23.1 Å². The maximum Gasteiger partial charge on any atom is 0.185 e. The molecule has 1 unspecified atom stereocenters. The highest BCUT2D eigenvalue weighted by atomic mass is 35.5. The third kappa shape index (κ3) is 2.20. The highest BCUT2D eigenvalue weighted by molar-refractivity contribution is 6.39. The summed E-state index contributed by atoms with van der Waals surface area (Å²) in [7, 11) is 1.49. The molecule has 0 spiro atoms. The quantitative estimate of drug-likeness (QED) is 0.592. The lowest BCUT2D eigenvalue weighted by molar-refractivity contribution is 0.0989. The maximum absolute atomic E-state index is 11.6. The summed E-state index contributed by atoms with van der Waals surface area (Å²) in [6.45, 7) is 1.60. The Kier molecular flexibility index (Phi) is 3.78. The zero-order valence-electron chi connectivity index (χ0n) is 7.88. The predicted octanol–water partition coefficient (Wildman–Crippen LogP) is 3.16. The van der Waals surface area contributed by atoms with Crippen molar-refractivity contribution in [1.29, 1.82) is 0 Å². The Morgan fingerprint density at radius 2 is 2.14 bits per heavy atom. The third-order valence-corrected chi connectivity index (χ3v) is 2.32. The van der Waals surface area contributed by atoms with E-state index in [9.17, 15) is 4.79 Å². The van der Waals surface area contributed by atoms with Crippen LogP contribution in [0.5, 0.6) is 5.75 Å². The van der Waals surface area contributed by atoms with Crippen LogP contribution in [0.1, 0.15) is 17.3 Å². The molecule has 1 aromatic carbocycles. The van der Waals surface area contributed by atoms with Gasteiger partial charge in [-0.05, 0) is 19.1 Å². The lowest BCUT2D eigenvalue weighted by Crippen LogP contribution is -2.12. The molecule has 0 N–H and O–H groups in total. The van der Waals surface area contributed by atoms with Gasteiger partial charge in [-0.2, -0.15) is 0 Å². The van der Waals surface area contributed by atoms with Gasteiger partial charge >= 0.3 is 0 Å². The van der Waals surface area contributed by atoms with Crippen LogP contribution in [0, 0.1) is 0 Å². The number of hydrogen-bond acceptors (Lipinski definition) is 2. The highest BCUT2D eigenvalue weighted by Crippen LogP contribution is 2.28. The van der Waals surface area contributed by atoms with Crippen LogP contribution in [0.25, 0.3) is 0 Å². The molecule has 1 atom stereocenters. The molecule has 0 aliphatic heterocycles. The summed E-state index contributed by atoms with van der Waals surface area (Å²) in [6, 6.07) is 5.03. The van der Waals surface area contributed by atoms with Crippen molar-refractivity contribution < 1.29 is 9.53 Å². The number of methoxy groups -OCH3 is 1. The van der Waals surface area contributed by atoms with Gasteiger partial charge in [0.1, 0.15) is 5.75 Å². The largest absolute Gasteiger partial charge is 0.496 e. The molecule has 0 heterocycles. The fraction of sp³-hybridized carbons (Fsp3) is 0.300. The molecule has 0 fully saturated rings. The lowest BCUT2D eigenvalue weighted by Gasteiger charge is -2.09. The summed E-state index contributed by atoms with van der Waals surface area (Å²) in [5.41, 5.74) is 0.346. The van der Waals surface area contributed by atoms with Crippen molar-refractivity contribution in [1.82, 2.24) is 0 Å². The van der Waals surface area contributed by atoms with E-state index in [1.165, 1.54) is 7.11 Å². The summed E-state index contributed by atoms with van der Waals surface area (Å²) >= 11 is 11.6. The molecular formula is C10H10Cl2O2. The van der Waals surface area contributed by atoms with Crippen LogP contribution in [0.4, 0.5) is 0 Å². The molecule has 1 rings (SSSR count). The normalized spacial score (nSPS) is 12.3. The van der Waals surface area contributed by atoms with Crippen LogP contribution < -0.4 is 4.74 Å². The van der Waals surface area contributed by atoms with Gasteiger partial charge in [0.25, 0.3) is 0 Å². The van der Waals surface area contributed by atoms with Crippen molar-refractivity contribution >= 4 is 29.0 Å². The summed E-state index contributed by atoms with van der Waals surface area (Å²) in [5, 5.41) is -0.245. The molecular weight excluding hydrogens is 223 g/mol. The smallest absolute Gasteiger partial charge is 0.185 e. The molecule has 0 amide bonds. The van der Waals surface area contributed by atoms with Crippen LogP contribution in [0.3, 0.4) is 0 Å². The van der Waals surface area contributed by atoms with E-state index < -0.39 is 5.38 Å². The summed E-state index contributed by atoms with van der Waals surface area (Å²) in [5.74, 6) is 0.226. The summed E-state index contributed by atoms with van der Waals surface area (Å²) in [4.78, 5) is 11.6. The molecule has 0 aromatic heterocycles. The number of Topliss-reactive ketones (excluding diaryl/α,β-unsaturated/α-hetero) is 1. The predicted molar refractivity (Wildman–Crippen MR) is 57.6 cm³/mol. The standard InChI is InChI=1S/C10H10Cl2O2/c1-6(11)10(13)9-7(12)4-3-5-8(9)14-2/h3-6H,1-2H3. The van der Waals surface area contributed by atoms with Crippen molar-refractivity contribution in [2.45, 2.75) is 12.3 Å². The first-order chi connectivity index (χ1) is 6.57. The van der Waals surface area contributed by atoms with Crippen LogP contribution >= 0.6 is 23.2 Å². The average molecular weight is 233 g/mol. The van der Waals surface area contributed by atoms with Crippen molar-refractivity contribution in [2.24, 2.45) is 0 Å². The number of ether oxygens (including phenoxy) is 1. The SMILES string of the molecule is COc1cccc(Cl)c1C(=O)C(C)Cl. The molecule has 0 bridgehead atoms. The highest BCUT2D eigenvalue weighted by Gasteiger charge is 2.19. The topological polar surface area (TPSA) is 26.3 Å². The van der Waals surface area contributed by atoms with E-state index in [1.54, 1.807) is 25.1 Å². The number of benzene rings is 1. The lowest BCUT2D eigenvalue weighted by atomic mass is 10.1. The first kappa shape index (κ1) is 11.3. The van der Waals surface area contributed by atoms with E-state index in [4.69, 9.17) is 27.9 Å². The fourth-order valence-corrected chi connectivity index (χ4v) is 1.48. The first-order valence-corrected chi connectivity index (χ1v) is 4.90. The number of ketones is 1. The van der Waals surface area contributed by atoms with Crippen LogP contribution in [-0.2, 0) is 0 Å². The Balaban J connectivity index is 3.23. The Morgan fingerprint density at radius 3 is 2.64 bits per heavy atom. The zero-order valence-corrected chi connectivity index (χ0v) is 9.39. The van der Waals surface area contributed by atoms with E-state index in [-0.39, 0.29) is 5.78 Å². The van der Waals surface area contributed by atoms with Crippen molar-refractivity contribution in [3.05, 3.63) is 28.8 Å². The van der Waals surface area contributed by atoms with E-state index in [2.05, 4.69) is 0 Å². The van der Waals surface area contributed by atoms with Crippen molar-refractivity contribution in [3.8, 4) is 5.75 Å². The molecule has 4 heteroatoms. The molecule has 0 aliphatic carbocycles. The van der Waals surface area contributed by atoms with Crippen LogP contribution in [0.15, 0.2) is 18.2 Å². The average Bonchev–Trinajstić information content (AvgIpc) is 2.16. The minimum atomic E-state index is -0.608. The van der Waals surface area contributed by atoms with E-state index in [0.717, 1.165) is 0 Å². The molecule has 2 nitrogen and oxygen atoms in total. The molecule has 14 heavy (non-hydrogen) atoms. The Morgan fingerprint density at radius 1 is 1.50 bits per heavy atom. The van der Waals surface area contributed by atoms with E-state index in [1.807, 2.05) is 0 Å². The molecule has 1 aromatic rings. The van der Waals surface area contributed by atoms with E-state index >= 15 is 0 Å². The second-order valence-corrected chi connectivity index (χ2v) is 3.86. The summed E-state index contributed by atoms with van der Waals surface area (Å²) in [6.07, 6.45) is 0. The van der Waals surface area contributed by atoms with Crippen LogP contribution in [0.2, 0.25) is 5.02 Å². The number of carbonyl (C=O) groups is 1. The first-order valence-electron chi connectivity index (χ1n) is 4.08. The van der Waals surface area contributed by atoms with Gasteiger partial charge in [-0.3, -0.25) is 4.79 Å². The van der Waals surface area contributed by atoms with Gasteiger partial charge in [0, 0.05) is 0 Å². The summed E-state index contributed by atoms with van der Waals surface area (Å²) < 4.78 is 5.03. The number of alkyl halides is 1. The monoisotopic (exact) mass is 232 g/mol. The zero-order chi connectivity index (χ0) is 10.7. The van der Waals surface area contributed by atoms with Gasteiger partial charge in [0.15, 0.2) is 5.78 Å². The van der Waals surface area contributed by atoms with E-state index in [0.29, 0.717) is 16.3 Å². The van der Waals surface area contributed by atoms with Gasteiger partial charge < -0.3 is 4.74 Å². The van der Waals surface area contributed by atoms with Crippen LogP contribution in [-0.4, -0.2) is 18.3 Å². The van der Waals surface area contributed by atoms with Gasteiger partial charge in [-0.1, -0.05) is 17.7 Å². The van der Waals surface area contributed by atoms with Crippen molar-refractivity contribution in [2.75, 3.05) is 7.11 Å². The molecule has 0 saturated carbocycles. The second kappa shape index (κ2) is 4.67. The molecule has 76 valence electrons. The van der Waals surface area contributed by atoms with Gasteiger partial charge in [-0.15, -0.1) is 11.6 Å². The van der Waals surface area contributed by atoms with Gasteiger partial charge in [0.2, 0.25) is 0 Å². The number of carbonyl (C=O) groups excluding carboxylic acids is 1. The Labute approximate surface area is 92.8 Å². The fourth-order valence-electron chi connectivity index (χ4n) is 1.11. The molecule has 0 saturated heterocycles. The number of rotatable bonds is 3.